The standard InChI is InChI=1S/C11H9Cl2N3O/c1-14-11(17)10-5-16(6-15-10)7-2-3-8(12)9(13)4-7/h2-6H,1H3,(H,14,17). The molecule has 2 rings (SSSR count). The first-order chi connectivity index (χ1) is 8.11. The van der Waals surface area contributed by atoms with E-state index in [0.29, 0.717) is 15.7 Å². The summed E-state index contributed by atoms with van der Waals surface area (Å²) >= 11 is 11.7. The van der Waals surface area contributed by atoms with Crippen LogP contribution in [0.1, 0.15) is 10.5 Å². The Hall–Kier alpha value is -1.52. The van der Waals surface area contributed by atoms with Crippen LogP contribution in [0, 0.1) is 0 Å². The highest BCUT2D eigenvalue weighted by Gasteiger charge is 2.08. The number of halogens is 2. The van der Waals surface area contributed by atoms with Crippen LogP contribution in [0.15, 0.2) is 30.7 Å². The third-order valence-corrected chi connectivity index (χ3v) is 2.98. The largest absolute Gasteiger partial charge is 0.354 e. The number of amides is 1. The number of imidazole rings is 1. The number of carbonyl (C=O) groups excluding carboxylic acids is 1. The van der Waals surface area contributed by atoms with Crippen molar-refractivity contribution in [2.75, 3.05) is 7.05 Å². The zero-order valence-electron chi connectivity index (χ0n) is 8.95. The predicted molar refractivity (Wildman–Crippen MR) is 67.0 cm³/mol. The molecule has 0 aliphatic rings. The van der Waals surface area contributed by atoms with Crippen molar-refractivity contribution in [2.45, 2.75) is 0 Å². The van der Waals surface area contributed by atoms with Gasteiger partial charge < -0.3 is 9.88 Å². The van der Waals surface area contributed by atoms with Gasteiger partial charge in [0.15, 0.2) is 0 Å². The van der Waals surface area contributed by atoms with Crippen LogP contribution in [0.25, 0.3) is 5.69 Å². The fourth-order valence-corrected chi connectivity index (χ4v) is 1.65. The summed E-state index contributed by atoms with van der Waals surface area (Å²) in [6.07, 6.45) is 3.17. The fraction of sp³-hybridized carbons (Fsp3) is 0.0909. The summed E-state index contributed by atoms with van der Waals surface area (Å²) in [6, 6.07) is 5.20. The molecule has 1 aromatic heterocycles. The van der Waals surface area contributed by atoms with Gasteiger partial charge in [0.2, 0.25) is 0 Å². The van der Waals surface area contributed by atoms with E-state index in [2.05, 4.69) is 10.3 Å². The summed E-state index contributed by atoms with van der Waals surface area (Å²) in [4.78, 5) is 15.3. The zero-order valence-corrected chi connectivity index (χ0v) is 10.5. The smallest absolute Gasteiger partial charge is 0.271 e. The van der Waals surface area contributed by atoms with Gasteiger partial charge in [0.25, 0.3) is 5.91 Å². The Morgan fingerprint density at radius 2 is 2.12 bits per heavy atom. The van der Waals surface area contributed by atoms with Gasteiger partial charge in [-0.25, -0.2) is 4.98 Å². The lowest BCUT2D eigenvalue weighted by atomic mass is 10.3. The second-order valence-electron chi connectivity index (χ2n) is 3.34. The van der Waals surface area contributed by atoms with Crippen molar-refractivity contribution in [1.29, 1.82) is 0 Å². The van der Waals surface area contributed by atoms with Gasteiger partial charge in [-0.2, -0.15) is 0 Å². The summed E-state index contributed by atoms with van der Waals surface area (Å²) in [5, 5.41) is 3.45. The molecule has 0 fully saturated rings. The molecule has 1 aromatic carbocycles. The molecule has 0 atom stereocenters. The Kier molecular flexibility index (Phi) is 3.36. The van der Waals surface area contributed by atoms with E-state index in [1.54, 1.807) is 42.3 Å². The van der Waals surface area contributed by atoms with E-state index in [-0.39, 0.29) is 5.91 Å². The van der Waals surface area contributed by atoms with Crippen molar-refractivity contribution in [1.82, 2.24) is 14.9 Å². The zero-order chi connectivity index (χ0) is 12.4. The molecule has 0 radical (unpaired) electrons. The summed E-state index contributed by atoms with van der Waals surface area (Å²) in [5.74, 6) is -0.233. The second kappa shape index (κ2) is 4.77. The molecule has 2 aromatic rings. The number of nitrogens with one attached hydrogen (secondary N) is 1. The van der Waals surface area contributed by atoms with Crippen LogP contribution in [0.3, 0.4) is 0 Å². The highest BCUT2D eigenvalue weighted by molar-refractivity contribution is 6.42. The Balaban J connectivity index is 2.37. The second-order valence-corrected chi connectivity index (χ2v) is 4.16. The van der Waals surface area contributed by atoms with E-state index in [1.807, 2.05) is 0 Å². The van der Waals surface area contributed by atoms with E-state index in [4.69, 9.17) is 23.2 Å². The minimum atomic E-state index is -0.233. The van der Waals surface area contributed by atoms with Crippen LogP contribution in [0.5, 0.6) is 0 Å². The summed E-state index contributed by atoms with van der Waals surface area (Å²) in [5.41, 5.74) is 1.14. The van der Waals surface area contributed by atoms with Crippen molar-refractivity contribution in [2.24, 2.45) is 0 Å². The van der Waals surface area contributed by atoms with Crippen molar-refractivity contribution in [3.8, 4) is 5.69 Å². The molecule has 6 heteroatoms. The van der Waals surface area contributed by atoms with Crippen LogP contribution in [-0.4, -0.2) is 22.5 Å². The van der Waals surface area contributed by atoms with Gasteiger partial charge in [0, 0.05) is 18.9 Å². The van der Waals surface area contributed by atoms with E-state index >= 15 is 0 Å². The van der Waals surface area contributed by atoms with Crippen molar-refractivity contribution in [3.05, 3.63) is 46.5 Å². The number of nitrogens with zero attached hydrogens (tertiary/aromatic N) is 2. The number of rotatable bonds is 2. The van der Waals surface area contributed by atoms with Gasteiger partial charge in [0.05, 0.1) is 10.0 Å². The minimum absolute atomic E-state index is 0.233. The van der Waals surface area contributed by atoms with E-state index in [1.165, 1.54) is 0 Å². The quantitative estimate of drug-likeness (QED) is 0.911. The molecule has 1 amide bonds. The average Bonchev–Trinajstić information content (AvgIpc) is 2.81. The van der Waals surface area contributed by atoms with Crippen molar-refractivity contribution >= 4 is 29.1 Å². The number of aromatic nitrogens is 2. The highest BCUT2D eigenvalue weighted by Crippen LogP contribution is 2.24. The van der Waals surface area contributed by atoms with Crippen molar-refractivity contribution < 1.29 is 4.79 Å². The van der Waals surface area contributed by atoms with E-state index in [0.717, 1.165) is 5.69 Å². The average molecular weight is 270 g/mol. The number of hydrogen-bond acceptors (Lipinski definition) is 2. The normalized spacial score (nSPS) is 10.3. The lowest BCUT2D eigenvalue weighted by molar-refractivity contribution is 0.0958. The molecule has 0 aliphatic heterocycles. The minimum Gasteiger partial charge on any atom is -0.354 e. The topological polar surface area (TPSA) is 46.9 Å². The summed E-state index contributed by atoms with van der Waals surface area (Å²) in [7, 11) is 1.56. The Morgan fingerprint density at radius 1 is 1.35 bits per heavy atom. The monoisotopic (exact) mass is 269 g/mol. The Bertz CT molecular complexity index is 566. The van der Waals surface area contributed by atoms with Gasteiger partial charge in [0.1, 0.15) is 12.0 Å². The fourth-order valence-electron chi connectivity index (χ4n) is 1.35. The van der Waals surface area contributed by atoms with Gasteiger partial charge >= 0.3 is 0 Å². The van der Waals surface area contributed by atoms with Gasteiger partial charge in [-0.1, -0.05) is 23.2 Å². The van der Waals surface area contributed by atoms with Crippen LogP contribution < -0.4 is 5.32 Å². The van der Waals surface area contributed by atoms with Crippen molar-refractivity contribution in [3.63, 3.8) is 0 Å². The molecule has 0 saturated carbocycles. The third kappa shape index (κ3) is 2.43. The first-order valence-corrected chi connectivity index (χ1v) is 5.59. The molecule has 1 N–H and O–H groups in total. The Labute approximate surface area is 108 Å². The lowest BCUT2D eigenvalue weighted by Crippen LogP contribution is -2.17. The molecule has 0 saturated heterocycles. The molecule has 4 nitrogen and oxygen atoms in total. The lowest BCUT2D eigenvalue weighted by Gasteiger charge is -2.03. The number of carbonyl (C=O) groups is 1. The molecular formula is C11H9Cl2N3O. The number of hydrogen-bond donors (Lipinski definition) is 1. The Morgan fingerprint density at radius 3 is 2.76 bits per heavy atom. The maximum absolute atomic E-state index is 11.3. The third-order valence-electron chi connectivity index (χ3n) is 2.24. The molecule has 1 heterocycles. The van der Waals surface area contributed by atoms with Gasteiger partial charge in [-0.15, -0.1) is 0 Å². The summed E-state index contributed by atoms with van der Waals surface area (Å²) in [6.45, 7) is 0. The van der Waals surface area contributed by atoms with Gasteiger partial charge in [-0.3, -0.25) is 4.79 Å². The van der Waals surface area contributed by atoms with E-state index in [9.17, 15) is 4.79 Å². The molecule has 88 valence electrons. The highest BCUT2D eigenvalue weighted by atomic mass is 35.5. The maximum atomic E-state index is 11.3. The van der Waals surface area contributed by atoms with Crippen LogP contribution in [0.4, 0.5) is 0 Å². The molecular weight excluding hydrogens is 261 g/mol. The van der Waals surface area contributed by atoms with Crippen LogP contribution in [-0.2, 0) is 0 Å². The van der Waals surface area contributed by atoms with Crippen LogP contribution >= 0.6 is 23.2 Å². The molecule has 0 aliphatic carbocycles. The van der Waals surface area contributed by atoms with Crippen LogP contribution in [0.2, 0.25) is 10.0 Å². The first-order valence-electron chi connectivity index (χ1n) is 4.83. The molecule has 0 unspecified atom stereocenters. The van der Waals surface area contributed by atoms with E-state index < -0.39 is 0 Å². The number of benzene rings is 1. The maximum Gasteiger partial charge on any atom is 0.271 e. The molecule has 0 spiro atoms. The molecule has 17 heavy (non-hydrogen) atoms. The SMILES string of the molecule is CNC(=O)c1cn(-c2ccc(Cl)c(Cl)c2)cn1. The first kappa shape index (κ1) is 12.0. The predicted octanol–water partition coefficient (Wildman–Crippen LogP) is 2.54. The van der Waals surface area contributed by atoms with Gasteiger partial charge in [-0.05, 0) is 18.2 Å². The molecule has 0 bridgehead atoms. The summed E-state index contributed by atoms with van der Waals surface area (Å²) < 4.78 is 1.70.